The molecule has 0 aliphatic carbocycles. The summed E-state index contributed by atoms with van der Waals surface area (Å²) in [7, 11) is 3.93. The van der Waals surface area contributed by atoms with Crippen LogP contribution >= 0.6 is 0 Å². The highest BCUT2D eigenvalue weighted by atomic mass is 16.3. The molecule has 3 heterocycles. The number of hydrogen-bond acceptors (Lipinski definition) is 5. The molecule has 0 aliphatic heterocycles. The molecule has 0 amide bonds. The van der Waals surface area contributed by atoms with E-state index in [1.807, 2.05) is 66.6 Å². The van der Waals surface area contributed by atoms with Crippen LogP contribution in [0.2, 0.25) is 0 Å². The number of anilines is 1. The van der Waals surface area contributed by atoms with Gasteiger partial charge in [0.15, 0.2) is 0 Å². The Morgan fingerprint density at radius 2 is 1.96 bits per heavy atom. The molecule has 3 aromatic heterocycles. The Kier molecular flexibility index (Phi) is 4.35. The van der Waals surface area contributed by atoms with E-state index >= 15 is 0 Å². The molecular formula is C17H22N6O. The lowest BCUT2D eigenvalue weighted by Crippen LogP contribution is -2.10. The molecule has 24 heavy (non-hydrogen) atoms. The summed E-state index contributed by atoms with van der Waals surface area (Å²) in [5.74, 6) is 1.72. The molecule has 0 bridgehead atoms. The van der Waals surface area contributed by atoms with Crippen molar-refractivity contribution in [1.82, 2.24) is 24.3 Å². The van der Waals surface area contributed by atoms with Gasteiger partial charge < -0.3 is 10.0 Å². The lowest BCUT2D eigenvalue weighted by Gasteiger charge is -2.12. The van der Waals surface area contributed by atoms with Gasteiger partial charge in [0.1, 0.15) is 11.6 Å². The molecule has 3 aromatic rings. The number of aliphatic hydroxyl groups is 1. The van der Waals surface area contributed by atoms with Crippen molar-refractivity contribution in [3.05, 3.63) is 42.1 Å². The Bertz CT molecular complexity index is 831. The van der Waals surface area contributed by atoms with Gasteiger partial charge in [0.25, 0.3) is 0 Å². The highest BCUT2D eigenvalue weighted by molar-refractivity contribution is 5.60. The molecule has 7 heteroatoms. The minimum Gasteiger partial charge on any atom is -0.394 e. The molecule has 7 nitrogen and oxygen atoms in total. The van der Waals surface area contributed by atoms with E-state index in [0.717, 1.165) is 34.3 Å². The van der Waals surface area contributed by atoms with Gasteiger partial charge in [0.05, 0.1) is 30.2 Å². The first kappa shape index (κ1) is 16.2. The Balaban J connectivity index is 2.05. The zero-order valence-corrected chi connectivity index (χ0v) is 14.4. The molecule has 0 aromatic carbocycles. The summed E-state index contributed by atoms with van der Waals surface area (Å²) in [6.45, 7) is 4.51. The molecule has 0 aliphatic rings. The number of imidazole rings is 1. The number of rotatable bonds is 5. The average molecular weight is 326 g/mol. The Hall–Kier alpha value is -2.67. The van der Waals surface area contributed by atoms with Crippen LogP contribution in [0.25, 0.3) is 17.1 Å². The van der Waals surface area contributed by atoms with Crippen molar-refractivity contribution in [2.45, 2.75) is 20.4 Å². The maximum Gasteiger partial charge on any atom is 0.146 e. The molecule has 0 radical (unpaired) electrons. The lowest BCUT2D eigenvalue weighted by atomic mass is 10.2. The van der Waals surface area contributed by atoms with Crippen LogP contribution in [0.3, 0.4) is 0 Å². The van der Waals surface area contributed by atoms with Gasteiger partial charge in [-0.15, -0.1) is 0 Å². The number of hydrogen-bond donors (Lipinski definition) is 1. The summed E-state index contributed by atoms with van der Waals surface area (Å²) >= 11 is 0. The van der Waals surface area contributed by atoms with E-state index in [-0.39, 0.29) is 6.61 Å². The predicted octanol–water partition coefficient (Wildman–Crippen LogP) is 1.81. The van der Waals surface area contributed by atoms with Gasteiger partial charge in [0.2, 0.25) is 0 Å². The van der Waals surface area contributed by atoms with Crippen LogP contribution in [0, 0.1) is 13.8 Å². The van der Waals surface area contributed by atoms with E-state index in [2.05, 4.69) is 15.1 Å². The van der Waals surface area contributed by atoms with Crippen LogP contribution < -0.4 is 4.90 Å². The number of nitrogens with zero attached hydrogens (tertiary/aromatic N) is 6. The quantitative estimate of drug-likeness (QED) is 0.774. The van der Waals surface area contributed by atoms with E-state index in [1.165, 1.54) is 0 Å². The predicted molar refractivity (Wildman–Crippen MR) is 93.5 cm³/mol. The first-order chi connectivity index (χ1) is 11.5. The highest BCUT2D eigenvalue weighted by Gasteiger charge is 2.17. The SMILES string of the molecule is Cc1nn(CCO)c(C)c1-n1ccnc1-c1ccc(N(C)C)nc1. The maximum absolute atomic E-state index is 9.19. The number of aromatic nitrogens is 5. The van der Waals surface area contributed by atoms with Crippen LogP contribution in [0.5, 0.6) is 0 Å². The Morgan fingerprint density at radius 1 is 1.17 bits per heavy atom. The fourth-order valence-electron chi connectivity index (χ4n) is 2.83. The fourth-order valence-corrected chi connectivity index (χ4v) is 2.83. The summed E-state index contributed by atoms with van der Waals surface area (Å²) in [5.41, 5.74) is 3.84. The van der Waals surface area contributed by atoms with E-state index in [1.54, 1.807) is 6.20 Å². The minimum atomic E-state index is 0.0636. The number of pyridine rings is 1. The summed E-state index contributed by atoms with van der Waals surface area (Å²) < 4.78 is 3.85. The van der Waals surface area contributed by atoms with Crippen molar-refractivity contribution >= 4 is 5.82 Å². The van der Waals surface area contributed by atoms with Gasteiger partial charge in [-0.3, -0.25) is 9.25 Å². The number of aryl methyl sites for hydroxylation is 1. The van der Waals surface area contributed by atoms with Gasteiger partial charge in [-0.2, -0.15) is 5.10 Å². The minimum absolute atomic E-state index is 0.0636. The molecule has 126 valence electrons. The summed E-state index contributed by atoms with van der Waals surface area (Å²) in [6, 6.07) is 3.99. The van der Waals surface area contributed by atoms with E-state index < -0.39 is 0 Å². The zero-order chi connectivity index (χ0) is 17.3. The molecule has 0 saturated heterocycles. The third kappa shape index (κ3) is 2.78. The lowest BCUT2D eigenvalue weighted by molar-refractivity contribution is 0.268. The second-order valence-electron chi connectivity index (χ2n) is 5.89. The van der Waals surface area contributed by atoms with Gasteiger partial charge in [-0.1, -0.05) is 0 Å². The standard InChI is InChI=1S/C17H22N6O/c1-12-16(13(2)23(20-12)9-10-24)22-8-7-18-17(22)14-5-6-15(19-11-14)21(3)4/h5-8,11,24H,9-10H2,1-4H3. The van der Waals surface area contributed by atoms with Gasteiger partial charge in [-0.25, -0.2) is 9.97 Å². The van der Waals surface area contributed by atoms with Gasteiger partial charge >= 0.3 is 0 Å². The molecular weight excluding hydrogens is 304 g/mol. The average Bonchev–Trinajstić information content (AvgIpc) is 3.13. The van der Waals surface area contributed by atoms with Crippen LogP contribution in [0.15, 0.2) is 30.7 Å². The number of aliphatic hydroxyl groups excluding tert-OH is 1. The topological polar surface area (TPSA) is 72.0 Å². The third-order valence-corrected chi connectivity index (χ3v) is 4.00. The molecule has 0 saturated carbocycles. The molecule has 1 N–H and O–H groups in total. The Morgan fingerprint density at radius 3 is 2.58 bits per heavy atom. The van der Waals surface area contributed by atoms with E-state index in [9.17, 15) is 5.11 Å². The van der Waals surface area contributed by atoms with Crippen molar-refractivity contribution in [3.8, 4) is 17.1 Å². The van der Waals surface area contributed by atoms with E-state index in [0.29, 0.717) is 6.54 Å². The first-order valence-electron chi connectivity index (χ1n) is 7.85. The second-order valence-corrected chi connectivity index (χ2v) is 5.89. The fraction of sp³-hybridized carbons (Fsp3) is 0.353. The highest BCUT2D eigenvalue weighted by Crippen LogP contribution is 2.26. The molecule has 0 unspecified atom stereocenters. The summed E-state index contributed by atoms with van der Waals surface area (Å²) in [5, 5.41) is 13.7. The first-order valence-corrected chi connectivity index (χ1v) is 7.85. The second kappa shape index (κ2) is 6.45. The Labute approximate surface area is 141 Å². The van der Waals surface area contributed by atoms with Crippen LogP contribution in [-0.2, 0) is 6.54 Å². The van der Waals surface area contributed by atoms with Crippen molar-refractivity contribution in [1.29, 1.82) is 0 Å². The monoisotopic (exact) mass is 326 g/mol. The summed E-state index contributed by atoms with van der Waals surface area (Å²) in [4.78, 5) is 10.9. The molecule has 0 fully saturated rings. The molecule has 0 atom stereocenters. The van der Waals surface area contributed by atoms with E-state index in [4.69, 9.17) is 0 Å². The van der Waals surface area contributed by atoms with Gasteiger partial charge in [-0.05, 0) is 26.0 Å². The normalized spacial score (nSPS) is 11.0. The zero-order valence-electron chi connectivity index (χ0n) is 14.4. The van der Waals surface area contributed by atoms with Gasteiger partial charge in [0, 0.05) is 38.2 Å². The van der Waals surface area contributed by atoms with Crippen LogP contribution in [0.4, 0.5) is 5.82 Å². The third-order valence-electron chi connectivity index (χ3n) is 4.00. The van der Waals surface area contributed by atoms with Crippen molar-refractivity contribution in [2.75, 3.05) is 25.6 Å². The summed E-state index contributed by atoms with van der Waals surface area (Å²) in [6.07, 6.45) is 5.53. The maximum atomic E-state index is 9.19. The molecule has 0 spiro atoms. The van der Waals surface area contributed by atoms with Crippen molar-refractivity contribution in [2.24, 2.45) is 0 Å². The van der Waals surface area contributed by atoms with Crippen LogP contribution in [-0.4, -0.2) is 50.1 Å². The van der Waals surface area contributed by atoms with Crippen LogP contribution in [0.1, 0.15) is 11.4 Å². The molecule has 3 rings (SSSR count). The largest absolute Gasteiger partial charge is 0.394 e. The smallest absolute Gasteiger partial charge is 0.146 e. The van der Waals surface area contributed by atoms with Crippen molar-refractivity contribution < 1.29 is 5.11 Å². The van der Waals surface area contributed by atoms with Crippen molar-refractivity contribution in [3.63, 3.8) is 0 Å².